The maximum atomic E-state index is 11.1. The van der Waals surface area contributed by atoms with Crippen molar-refractivity contribution in [3.8, 4) is 16.4 Å². The highest BCUT2D eigenvalue weighted by Gasteiger charge is 2.19. The lowest BCUT2D eigenvalue weighted by Gasteiger charge is -2.06. The molecule has 2 heterocycles. The number of thiazole rings is 1. The molecule has 0 amide bonds. The number of rotatable bonds is 4. The summed E-state index contributed by atoms with van der Waals surface area (Å²) in [4.78, 5) is 15.7. The molecule has 0 unspecified atom stereocenters. The van der Waals surface area contributed by atoms with E-state index in [4.69, 9.17) is 0 Å². The summed E-state index contributed by atoms with van der Waals surface area (Å²) >= 11 is 1.49. The Morgan fingerprint density at radius 2 is 2.00 bits per heavy atom. The summed E-state index contributed by atoms with van der Waals surface area (Å²) in [6.45, 7) is 4.02. The van der Waals surface area contributed by atoms with Crippen molar-refractivity contribution in [1.82, 2.24) is 20.0 Å². The Labute approximate surface area is 126 Å². The van der Waals surface area contributed by atoms with Crippen LogP contribution in [-0.4, -0.2) is 26.3 Å². The summed E-state index contributed by atoms with van der Waals surface area (Å²) in [6, 6.07) is 9.96. The lowest BCUT2D eigenvalue weighted by molar-refractivity contribution is 0.111. The molecule has 6 heteroatoms. The number of carbonyl (C=O) groups excluding carboxylic acids is 1. The van der Waals surface area contributed by atoms with E-state index in [0.717, 1.165) is 28.4 Å². The van der Waals surface area contributed by atoms with Crippen molar-refractivity contribution in [1.29, 1.82) is 0 Å². The summed E-state index contributed by atoms with van der Waals surface area (Å²) in [5.41, 5.74) is 3.12. The van der Waals surface area contributed by atoms with Crippen LogP contribution in [0.4, 0.5) is 0 Å². The van der Waals surface area contributed by atoms with E-state index in [1.165, 1.54) is 11.3 Å². The predicted molar refractivity (Wildman–Crippen MR) is 81.9 cm³/mol. The van der Waals surface area contributed by atoms with Crippen LogP contribution in [-0.2, 0) is 0 Å². The van der Waals surface area contributed by atoms with E-state index < -0.39 is 0 Å². The second-order valence-electron chi connectivity index (χ2n) is 4.93. The van der Waals surface area contributed by atoms with E-state index in [-0.39, 0.29) is 5.92 Å². The minimum Gasteiger partial charge on any atom is -0.296 e. The molecule has 1 aromatic carbocycles. The predicted octanol–water partition coefficient (Wildman–Crippen LogP) is 3.33. The number of hydrogen-bond acceptors (Lipinski definition) is 5. The van der Waals surface area contributed by atoms with Crippen LogP contribution in [0, 0.1) is 0 Å². The van der Waals surface area contributed by atoms with Crippen LogP contribution >= 0.6 is 11.3 Å². The first-order valence-electron chi connectivity index (χ1n) is 6.62. The third-order valence-corrected chi connectivity index (χ3v) is 3.95. The van der Waals surface area contributed by atoms with Crippen LogP contribution in [0.15, 0.2) is 35.7 Å². The highest BCUT2D eigenvalue weighted by Crippen LogP contribution is 2.26. The average molecular weight is 298 g/mol. The van der Waals surface area contributed by atoms with E-state index in [1.54, 1.807) is 4.68 Å². The van der Waals surface area contributed by atoms with Crippen LogP contribution in [0.3, 0.4) is 0 Å². The first-order chi connectivity index (χ1) is 10.2. The molecule has 3 rings (SSSR count). The van der Waals surface area contributed by atoms with Gasteiger partial charge in [0.1, 0.15) is 5.69 Å². The fraction of sp³-hybridized carbons (Fsp3) is 0.200. The number of nitrogens with zero attached hydrogens (tertiary/aromatic N) is 4. The minimum absolute atomic E-state index is 0.143. The van der Waals surface area contributed by atoms with Gasteiger partial charge in [-0.05, 0) is 5.92 Å². The fourth-order valence-corrected chi connectivity index (χ4v) is 2.96. The molecule has 0 fully saturated rings. The third-order valence-electron chi connectivity index (χ3n) is 3.13. The van der Waals surface area contributed by atoms with Crippen molar-refractivity contribution in [3.63, 3.8) is 0 Å². The molecule has 21 heavy (non-hydrogen) atoms. The zero-order valence-electron chi connectivity index (χ0n) is 11.7. The van der Waals surface area contributed by atoms with Gasteiger partial charge >= 0.3 is 0 Å². The lowest BCUT2D eigenvalue weighted by Crippen LogP contribution is -2.05. The van der Waals surface area contributed by atoms with Crippen molar-refractivity contribution in [2.45, 2.75) is 19.8 Å². The SMILES string of the molecule is CC(C)c1c(C=O)nnn1-c1nc(-c2ccccc2)cs1. The zero-order chi connectivity index (χ0) is 14.8. The van der Waals surface area contributed by atoms with Gasteiger partial charge in [0.2, 0.25) is 5.13 Å². The summed E-state index contributed by atoms with van der Waals surface area (Å²) in [5.74, 6) is 0.143. The molecule has 0 radical (unpaired) electrons. The van der Waals surface area contributed by atoms with E-state index in [0.29, 0.717) is 5.69 Å². The van der Waals surface area contributed by atoms with Crippen molar-refractivity contribution in [2.75, 3.05) is 0 Å². The van der Waals surface area contributed by atoms with Crippen LogP contribution < -0.4 is 0 Å². The Morgan fingerprint density at radius 3 is 2.67 bits per heavy atom. The summed E-state index contributed by atoms with van der Waals surface area (Å²) in [7, 11) is 0. The molecule has 0 atom stereocenters. The number of benzene rings is 1. The number of carbonyl (C=O) groups is 1. The number of hydrogen-bond donors (Lipinski definition) is 0. The van der Waals surface area contributed by atoms with Gasteiger partial charge in [-0.3, -0.25) is 4.79 Å². The molecule has 0 saturated carbocycles. The van der Waals surface area contributed by atoms with Crippen LogP contribution in [0.2, 0.25) is 0 Å². The van der Waals surface area contributed by atoms with Crippen molar-refractivity contribution in [3.05, 3.63) is 47.1 Å². The molecule has 2 aromatic heterocycles. The summed E-state index contributed by atoms with van der Waals surface area (Å²) in [6.07, 6.45) is 0.741. The first kappa shape index (κ1) is 13.6. The Balaban J connectivity index is 2.05. The van der Waals surface area contributed by atoms with Crippen LogP contribution in [0.25, 0.3) is 16.4 Å². The molecule has 0 spiro atoms. The Bertz CT molecular complexity index is 761. The molecule has 0 saturated heterocycles. The fourth-order valence-electron chi connectivity index (χ4n) is 2.17. The average Bonchev–Trinajstić information content (AvgIpc) is 3.14. The minimum atomic E-state index is 0.143. The van der Waals surface area contributed by atoms with E-state index in [2.05, 4.69) is 15.3 Å². The van der Waals surface area contributed by atoms with Crippen LogP contribution in [0.1, 0.15) is 35.9 Å². The Kier molecular flexibility index (Phi) is 3.62. The van der Waals surface area contributed by atoms with Gasteiger partial charge in [-0.15, -0.1) is 16.4 Å². The smallest absolute Gasteiger partial charge is 0.212 e. The molecular weight excluding hydrogens is 284 g/mol. The van der Waals surface area contributed by atoms with E-state index >= 15 is 0 Å². The monoisotopic (exact) mass is 298 g/mol. The quantitative estimate of drug-likeness (QED) is 0.693. The first-order valence-corrected chi connectivity index (χ1v) is 7.50. The Hall–Kier alpha value is -2.34. The van der Waals surface area contributed by atoms with Gasteiger partial charge in [0.05, 0.1) is 11.4 Å². The molecule has 5 nitrogen and oxygen atoms in total. The van der Waals surface area contributed by atoms with Gasteiger partial charge in [-0.25, -0.2) is 4.98 Å². The van der Waals surface area contributed by atoms with Gasteiger partial charge in [-0.1, -0.05) is 49.4 Å². The topological polar surface area (TPSA) is 60.7 Å². The van der Waals surface area contributed by atoms with E-state index in [1.807, 2.05) is 49.6 Å². The van der Waals surface area contributed by atoms with Gasteiger partial charge < -0.3 is 0 Å². The van der Waals surface area contributed by atoms with Crippen molar-refractivity contribution < 1.29 is 4.79 Å². The molecule has 0 aliphatic rings. The molecule has 106 valence electrons. The zero-order valence-corrected chi connectivity index (χ0v) is 12.5. The second-order valence-corrected chi connectivity index (χ2v) is 5.76. The maximum absolute atomic E-state index is 11.1. The number of aromatic nitrogens is 4. The number of aldehydes is 1. The van der Waals surface area contributed by atoms with Crippen LogP contribution in [0.5, 0.6) is 0 Å². The maximum Gasteiger partial charge on any atom is 0.212 e. The molecule has 0 N–H and O–H groups in total. The van der Waals surface area contributed by atoms with Gasteiger partial charge in [0.25, 0.3) is 0 Å². The Morgan fingerprint density at radius 1 is 1.24 bits per heavy atom. The van der Waals surface area contributed by atoms with Gasteiger partial charge in [0.15, 0.2) is 6.29 Å². The molecule has 3 aromatic rings. The van der Waals surface area contributed by atoms with E-state index in [9.17, 15) is 4.79 Å². The standard InChI is InChI=1S/C15H14N4OS/c1-10(2)14-12(8-20)17-18-19(14)15-16-13(9-21-15)11-6-4-3-5-7-11/h3-10H,1-2H3. The summed E-state index contributed by atoms with van der Waals surface area (Å²) < 4.78 is 1.66. The lowest BCUT2D eigenvalue weighted by atomic mass is 10.1. The van der Waals surface area contributed by atoms with Crippen molar-refractivity contribution >= 4 is 17.6 Å². The summed E-state index contributed by atoms with van der Waals surface area (Å²) in [5, 5.41) is 10.7. The van der Waals surface area contributed by atoms with Gasteiger partial charge in [0, 0.05) is 10.9 Å². The highest BCUT2D eigenvalue weighted by atomic mass is 32.1. The van der Waals surface area contributed by atoms with Crippen molar-refractivity contribution in [2.24, 2.45) is 0 Å². The molecule has 0 aliphatic carbocycles. The normalized spacial score (nSPS) is 11.0. The third kappa shape index (κ3) is 2.50. The molecular formula is C15H14N4OS. The van der Waals surface area contributed by atoms with Gasteiger partial charge in [-0.2, -0.15) is 4.68 Å². The molecule has 0 aliphatic heterocycles. The highest BCUT2D eigenvalue weighted by molar-refractivity contribution is 7.12. The second kappa shape index (κ2) is 5.57. The largest absolute Gasteiger partial charge is 0.296 e. The molecule has 0 bridgehead atoms.